The van der Waals surface area contributed by atoms with Crippen LogP contribution in [0.1, 0.15) is 52.0 Å². The van der Waals surface area contributed by atoms with Gasteiger partial charge in [0.2, 0.25) is 17.6 Å². The number of benzene rings is 1. The summed E-state index contributed by atoms with van der Waals surface area (Å²) >= 11 is 0. The molecule has 3 aromatic rings. The second-order valence-corrected chi connectivity index (χ2v) is 10.1. The summed E-state index contributed by atoms with van der Waals surface area (Å²) in [6.07, 6.45) is 0. The number of nitrogens with zero attached hydrogens (tertiary/aromatic N) is 6. The first kappa shape index (κ1) is 28.8. The summed E-state index contributed by atoms with van der Waals surface area (Å²) in [4.78, 5) is 32.5. The van der Waals surface area contributed by atoms with E-state index in [-0.39, 0.29) is 24.2 Å². The zero-order valence-electron chi connectivity index (χ0n) is 23.4. The Morgan fingerprint density at radius 1 is 1.08 bits per heavy atom. The van der Waals surface area contributed by atoms with Crippen LogP contribution in [-0.4, -0.2) is 80.6 Å². The van der Waals surface area contributed by atoms with Crippen LogP contribution in [-0.2, 0) is 16.1 Å². The summed E-state index contributed by atoms with van der Waals surface area (Å²) in [5.74, 6) is 1.58. The van der Waals surface area contributed by atoms with Crippen LogP contribution in [0.3, 0.4) is 0 Å². The highest BCUT2D eigenvalue weighted by molar-refractivity contribution is 5.89. The second kappa shape index (κ2) is 12.7. The molecular formula is C27H39N7O4. The molecule has 0 aliphatic carbocycles. The minimum Gasteiger partial charge on any atom is -0.497 e. The van der Waals surface area contributed by atoms with Crippen LogP contribution in [0.25, 0.3) is 11.6 Å². The fourth-order valence-electron chi connectivity index (χ4n) is 4.06. The number of hydrogen-bond acceptors (Lipinski definition) is 8. The fourth-order valence-corrected chi connectivity index (χ4v) is 4.06. The number of hydrogen-bond donors (Lipinski definition) is 1. The quantitative estimate of drug-likeness (QED) is 0.383. The predicted molar refractivity (Wildman–Crippen MR) is 143 cm³/mol. The minimum atomic E-state index is -0.862. The van der Waals surface area contributed by atoms with Crippen LogP contribution in [0, 0.1) is 6.92 Å². The number of nitrogens with one attached hydrogen (secondary N) is 1. The summed E-state index contributed by atoms with van der Waals surface area (Å²) in [5, 5.41) is 15.5. The number of carbonyl (C=O) groups is 2. The van der Waals surface area contributed by atoms with Crippen LogP contribution in [0.2, 0.25) is 0 Å². The van der Waals surface area contributed by atoms with E-state index in [2.05, 4.69) is 39.5 Å². The third-order valence-corrected chi connectivity index (χ3v) is 6.05. The Labute approximate surface area is 224 Å². The summed E-state index contributed by atoms with van der Waals surface area (Å²) in [6.45, 7) is 14.1. The maximum atomic E-state index is 13.8. The molecule has 11 heteroatoms. The summed E-state index contributed by atoms with van der Waals surface area (Å²) < 4.78 is 10.9. The average Bonchev–Trinajstić information content (AvgIpc) is 3.51. The van der Waals surface area contributed by atoms with Gasteiger partial charge < -0.3 is 24.3 Å². The van der Waals surface area contributed by atoms with Gasteiger partial charge in [-0.2, -0.15) is 4.80 Å². The van der Waals surface area contributed by atoms with Gasteiger partial charge >= 0.3 is 0 Å². The molecule has 0 aliphatic heterocycles. The first-order valence-electron chi connectivity index (χ1n) is 12.9. The zero-order valence-corrected chi connectivity index (χ0v) is 23.4. The molecule has 0 spiro atoms. The molecule has 1 aromatic carbocycles. The molecule has 206 valence electrons. The van der Waals surface area contributed by atoms with Gasteiger partial charge in [0.05, 0.1) is 7.11 Å². The van der Waals surface area contributed by atoms with E-state index < -0.39 is 11.6 Å². The van der Waals surface area contributed by atoms with Gasteiger partial charge in [-0.25, -0.2) is 0 Å². The van der Waals surface area contributed by atoms with Crippen LogP contribution >= 0.6 is 0 Å². The van der Waals surface area contributed by atoms with E-state index >= 15 is 0 Å². The van der Waals surface area contributed by atoms with Gasteiger partial charge in [-0.1, -0.05) is 26.0 Å². The molecule has 3 rings (SSSR count). The molecule has 1 atom stereocenters. The van der Waals surface area contributed by atoms with Crippen LogP contribution < -0.4 is 10.1 Å². The van der Waals surface area contributed by atoms with Crippen molar-refractivity contribution in [1.82, 2.24) is 35.3 Å². The topological polar surface area (TPSA) is 119 Å². The summed E-state index contributed by atoms with van der Waals surface area (Å²) in [5.41, 5.74) is 0.192. The predicted octanol–water partition coefficient (Wildman–Crippen LogP) is 3.08. The number of ether oxygens (including phenoxy) is 1. The summed E-state index contributed by atoms with van der Waals surface area (Å²) in [7, 11) is 1.59. The Morgan fingerprint density at radius 3 is 2.32 bits per heavy atom. The Balaban J connectivity index is 1.95. The van der Waals surface area contributed by atoms with E-state index in [0.29, 0.717) is 30.2 Å². The highest BCUT2D eigenvalue weighted by Gasteiger charge is 2.34. The molecule has 11 nitrogen and oxygen atoms in total. The molecule has 0 aliphatic rings. The summed E-state index contributed by atoms with van der Waals surface area (Å²) in [6, 6.07) is 9.91. The molecule has 0 bridgehead atoms. The smallest absolute Gasteiger partial charge is 0.247 e. The Kier molecular flexibility index (Phi) is 9.62. The van der Waals surface area contributed by atoms with Gasteiger partial charge in [0, 0.05) is 18.6 Å². The van der Waals surface area contributed by atoms with Crippen molar-refractivity contribution >= 4 is 11.8 Å². The number of likely N-dealkylation sites (N-methyl/N-ethyl adjacent to an activating group) is 1. The lowest BCUT2D eigenvalue weighted by Crippen LogP contribution is -2.51. The van der Waals surface area contributed by atoms with Gasteiger partial charge in [0.25, 0.3) is 0 Å². The van der Waals surface area contributed by atoms with Crippen molar-refractivity contribution in [3.05, 3.63) is 47.7 Å². The monoisotopic (exact) mass is 525 g/mol. The molecule has 0 unspecified atom stereocenters. The molecule has 0 radical (unpaired) electrons. The average molecular weight is 526 g/mol. The fraction of sp³-hybridized carbons (Fsp3) is 0.519. The Hall–Kier alpha value is -3.73. The van der Waals surface area contributed by atoms with Crippen molar-refractivity contribution in [1.29, 1.82) is 0 Å². The van der Waals surface area contributed by atoms with Gasteiger partial charge in [0.1, 0.15) is 24.1 Å². The van der Waals surface area contributed by atoms with Crippen molar-refractivity contribution in [3.63, 3.8) is 0 Å². The van der Waals surface area contributed by atoms with Crippen molar-refractivity contribution in [3.8, 4) is 17.3 Å². The van der Waals surface area contributed by atoms with E-state index in [1.165, 1.54) is 4.80 Å². The van der Waals surface area contributed by atoms with Gasteiger partial charge in [-0.3, -0.25) is 9.59 Å². The largest absolute Gasteiger partial charge is 0.497 e. The molecule has 2 aromatic heterocycles. The Morgan fingerprint density at radius 2 is 1.76 bits per heavy atom. The van der Waals surface area contributed by atoms with Crippen LogP contribution in [0.5, 0.6) is 5.75 Å². The van der Waals surface area contributed by atoms with Crippen molar-refractivity contribution in [2.45, 2.75) is 59.7 Å². The van der Waals surface area contributed by atoms with Crippen LogP contribution in [0.15, 0.2) is 40.8 Å². The number of aryl methyl sites for hydroxylation is 1. The molecule has 2 amide bonds. The number of methoxy groups -OCH3 is 1. The number of tetrazole rings is 1. The van der Waals surface area contributed by atoms with Gasteiger partial charge in [-0.15, -0.1) is 10.2 Å². The molecule has 0 fully saturated rings. The van der Waals surface area contributed by atoms with E-state index in [1.807, 2.05) is 45.9 Å². The van der Waals surface area contributed by atoms with Crippen molar-refractivity contribution < 1.29 is 18.7 Å². The molecule has 0 saturated heterocycles. The SMILES string of the molecule is CCN(CC)CCN(C(=O)Cn1nnc(-c2ccc(C)o2)n1)[C@@H](C(=O)NC(C)(C)C)c1ccc(OC)cc1. The molecule has 0 saturated carbocycles. The van der Waals surface area contributed by atoms with Gasteiger partial charge in [0.15, 0.2) is 5.76 Å². The maximum Gasteiger partial charge on any atom is 0.247 e. The highest BCUT2D eigenvalue weighted by atomic mass is 16.5. The number of amides is 2. The molecule has 1 N–H and O–H groups in total. The molecular weight excluding hydrogens is 486 g/mol. The standard InChI is InChI=1S/C27H39N7O4/c1-8-32(9-2)16-17-33(23(35)18-34-30-25(29-31-34)22-15-10-19(3)38-22)24(26(36)28-27(4,5)6)20-11-13-21(37-7)14-12-20/h10-15,24H,8-9,16-18H2,1-7H3,(H,28,36)/t24-/m1/s1. The van der Waals surface area contributed by atoms with Crippen molar-refractivity contribution in [2.75, 3.05) is 33.3 Å². The lowest BCUT2D eigenvalue weighted by molar-refractivity contribution is -0.142. The van der Waals surface area contributed by atoms with E-state index in [9.17, 15) is 9.59 Å². The van der Waals surface area contributed by atoms with E-state index in [4.69, 9.17) is 9.15 Å². The third-order valence-electron chi connectivity index (χ3n) is 6.05. The third kappa shape index (κ3) is 7.64. The van der Waals surface area contributed by atoms with E-state index in [0.717, 1.165) is 18.8 Å². The minimum absolute atomic E-state index is 0.180. The molecule has 2 heterocycles. The van der Waals surface area contributed by atoms with Crippen LogP contribution in [0.4, 0.5) is 0 Å². The van der Waals surface area contributed by atoms with E-state index in [1.54, 1.807) is 30.2 Å². The molecule has 38 heavy (non-hydrogen) atoms. The Bertz CT molecular complexity index is 1190. The first-order valence-corrected chi connectivity index (χ1v) is 12.9. The normalized spacial score (nSPS) is 12.4. The first-order chi connectivity index (χ1) is 18.0. The number of furan rings is 1. The van der Waals surface area contributed by atoms with Gasteiger partial charge in [-0.05, 0) is 75.8 Å². The maximum absolute atomic E-state index is 13.8. The number of rotatable bonds is 12. The number of carbonyl (C=O) groups excluding carboxylic acids is 2. The second-order valence-electron chi connectivity index (χ2n) is 10.1. The lowest BCUT2D eigenvalue weighted by atomic mass is 10.0. The lowest BCUT2D eigenvalue weighted by Gasteiger charge is -2.35. The highest BCUT2D eigenvalue weighted by Crippen LogP contribution is 2.25. The number of aromatic nitrogens is 4. The van der Waals surface area contributed by atoms with Crippen molar-refractivity contribution in [2.24, 2.45) is 0 Å². The zero-order chi connectivity index (χ0) is 27.9.